The van der Waals surface area contributed by atoms with Crippen molar-refractivity contribution in [2.75, 3.05) is 6.54 Å². The third-order valence-corrected chi connectivity index (χ3v) is 4.95. The van der Waals surface area contributed by atoms with E-state index in [2.05, 4.69) is 21.1 Å². The minimum Gasteiger partial charge on any atom is -0.356 e. The number of benzene rings is 1. The molecule has 0 N–H and O–H groups in total. The van der Waals surface area contributed by atoms with E-state index in [-0.39, 0.29) is 11.9 Å². The van der Waals surface area contributed by atoms with Gasteiger partial charge in [0.1, 0.15) is 11.5 Å². The molecular formula is C21H22FN3O. The van der Waals surface area contributed by atoms with E-state index in [9.17, 15) is 4.39 Å². The van der Waals surface area contributed by atoms with E-state index in [0.29, 0.717) is 5.76 Å². The zero-order valence-corrected chi connectivity index (χ0v) is 14.6. The Kier molecular flexibility index (Phi) is 5.07. The van der Waals surface area contributed by atoms with Gasteiger partial charge in [-0.3, -0.25) is 9.88 Å². The molecule has 1 saturated heterocycles. The van der Waals surface area contributed by atoms with Crippen molar-refractivity contribution in [1.29, 1.82) is 0 Å². The smallest absolute Gasteiger partial charge is 0.167 e. The Morgan fingerprint density at radius 3 is 2.77 bits per heavy atom. The summed E-state index contributed by atoms with van der Waals surface area (Å²) >= 11 is 0. The first-order valence-electron chi connectivity index (χ1n) is 9.16. The molecule has 1 fully saturated rings. The number of nitrogens with zero attached hydrogens (tertiary/aromatic N) is 3. The summed E-state index contributed by atoms with van der Waals surface area (Å²) in [5.41, 5.74) is 2.86. The SMILES string of the molecule is Fc1ccc(-c2cc([C@H]3CCCCCN3Cc3ccccn3)no2)cc1. The van der Waals surface area contributed by atoms with Crippen LogP contribution in [-0.2, 0) is 6.54 Å². The third-order valence-electron chi connectivity index (χ3n) is 4.95. The summed E-state index contributed by atoms with van der Waals surface area (Å²) in [6, 6.07) is 14.6. The van der Waals surface area contributed by atoms with Gasteiger partial charge in [-0.05, 0) is 55.8 Å². The monoisotopic (exact) mass is 351 g/mol. The summed E-state index contributed by atoms with van der Waals surface area (Å²) in [5, 5.41) is 4.34. The fourth-order valence-corrected chi connectivity index (χ4v) is 3.59. The molecule has 1 aliphatic heterocycles. The van der Waals surface area contributed by atoms with Gasteiger partial charge in [0, 0.05) is 24.4 Å². The van der Waals surface area contributed by atoms with Crippen LogP contribution < -0.4 is 0 Å². The summed E-state index contributed by atoms with van der Waals surface area (Å²) in [5.74, 6) is 0.431. The molecule has 4 rings (SSSR count). The maximum atomic E-state index is 13.1. The largest absolute Gasteiger partial charge is 0.356 e. The second kappa shape index (κ2) is 7.79. The Morgan fingerprint density at radius 1 is 1.08 bits per heavy atom. The second-order valence-corrected chi connectivity index (χ2v) is 6.78. The molecule has 5 heteroatoms. The minimum atomic E-state index is -0.251. The minimum absolute atomic E-state index is 0.220. The van der Waals surface area contributed by atoms with E-state index >= 15 is 0 Å². The standard InChI is InChI=1S/C21H22FN3O/c22-17-10-8-16(9-11-17)21-14-19(24-26-21)20-7-2-1-5-13-25(20)15-18-6-3-4-12-23-18/h3-4,6,8-12,14,20H,1-2,5,7,13,15H2/t20-/m1/s1. The molecule has 0 unspecified atom stereocenters. The van der Waals surface area contributed by atoms with E-state index in [1.165, 1.54) is 31.4 Å². The van der Waals surface area contributed by atoms with Gasteiger partial charge in [-0.1, -0.05) is 24.1 Å². The predicted octanol–water partition coefficient (Wildman–Crippen LogP) is 4.99. The zero-order valence-electron chi connectivity index (χ0n) is 14.6. The number of halogens is 1. The lowest BCUT2D eigenvalue weighted by Gasteiger charge is -2.27. The van der Waals surface area contributed by atoms with Crippen LogP contribution in [0.3, 0.4) is 0 Å². The summed E-state index contributed by atoms with van der Waals surface area (Å²) in [7, 11) is 0. The average molecular weight is 351 g/mol. The van der Waals surface area contributed by atoms with E-state index in [0.717, 1.165) is 36.5 Å². The van der Waals surface area contributed by atoms with Crippen molar-refractivity contribution >= 4 is 0 Å². The number of rotatable bonds is 4. The van der Waals surface area contributed by atoms with E-state index in [1.807, 2.05) is 24.4 Å². The van der Waals surface area contributed by atoms with Crippen molar-refractivity contribution in [3.8, 4) is 11.3 Å². The second-order valence-electron chi connectivity index (χ2n) is 6.78. The fraction of sp³-hybridized carbons (Fsp3) is 0.333. The molecule has 0 aliphatic carbocycles. The first-order chi connectivity index (χ1) is 12.8. The van der Waals surface area contributed by atoms with Gasteiger partial charge in [-0.25, -0.2) is 4.39 Å². The molecule has 0 radical (unpaired) electrons. The van der Waals surface area contributed by atoms with Gasteiger partial charge in [-0.15, -0.1) is 0 Å². The lowest BCUT2D eigenvalue weighted by atomic mass is 10.0. The molecule has 1 atom stereocenters. The summed E-state index contributed by atoms with van der Waals surface area (Å²) in [6.45, 7) is 1.84. The molecule has 3 aromatic rings. The summed E-state index contributed by atoms with van der Waals surface area (Å²) in [6.07, 6.45) is 6.50. The van der Waals surface area contributed by atoms with Crippen LogP contribution in [-0.4, -0.2) is 21.6 Å². The molecule has 2 aromatic heterocycles. The highest BCUT2D eigenvalue weighted by Gasteiger charge is 2.26. The van der Waals surface area contributed by atoms with Crippen LogP contribution >= 0.6 is 0 Å². The molecule has 0 spiro atoms. The van der Waals surface area contributed by atoms with Crippen LogP contribution in [0.1, 0.15) is 43.1 Å². The van der Waals surface area contributed by atoms with Gasteiger partial charge in [0.05, 0.1) is 11.7 Å². The molecule has 1 aromatic carbocycles. The van der Waals surface area contributed by atoms with Gasteiger partial charge in [0.15, 0.2) is 5.76 Å². The molecule has 4 nitrogen and oxygen atoms in total. The quantitative estimate of drug-likeness (QED) is 0.664. The van der Waals surface area contributed by atoms with Crippen LogP contribution in [0.25, 0.3) is 11.3 Å². The molecule has 0 amide bonds. The van der Waals surface area contributed by atoms with Crippen LogP contribution in [0, 0.1) is 5.82 Å². The van der Waals surface area contributed by atoms with Crippen LogP contribution in [0.5, 0.6) is 0 Å². The van der Waals surface area contributed by atoms with Crippen molar-refractivity contribution in [3.63, 3.8) is 0 Å². The van der Waals surface area contributed by atoms with Crippen LogP contribution in [0.4, 0.5) is 4.39 Å². The Bertz CT molecular complexity index is 832. The van der Waals surface area contributed by atoms with Gasteiger partial charge < -0.3 is 4.52 Å². The first-order valence-corrected chi connectivity index (χ1v) is 9.16. The highest BCUT2D eigenvalue weighted by atomic mass is 19.1. The molecular weight excluding hydrogens is 329 g/mol. The van der Waals surface area contributed by atoms with Crippen molar-refractivity contribution in [1.82, 2.24) is 15.0 Å². The number of likely N-dealkylation sites (tertiary alicyclic amines) is 1. The van der Waals surface area contributed by atoms with Gasteiger partial charge in [-0.2, -0.15) is 0 Å². The molecule has 26 heavy (non-hydrogen) atoms. The molecule has 3 heterocycles. The third kappa shape index (κ3) is 3.83. The number of hydrogen-bond donors (Lipinski definition) is 0. The Morgan fingerprint density at radius 2 is 1.96 bits per heavy atom. The van der Waals surface area contributed by atoms with E-state index in [1.54, 1.807) is 12.1 Å². The lowest BCUT2D eigenvalue weighted by molar-refractivity contribution is 0.182. The highest BCUT2D eigenvalue weighted by molar-refractivity contribution is 5.57. The van der Waals surface area contributed by atoms with Crippen LogP contribution in [0.15, 0.2) is 59.3 Å². The van der Waals surface area contributed by atoms with Crippen molar-refractivity contribution in [3.05, 3.63) is 71.9 Å². The normalized spacial score (nSPS) is 18.6. The lowest BCUT2D eigenvalue weighted by Crippen LogP contribution is -2.28. The maximum absolute atomic E-state index is 13.1. The van der Waals surface area contributed by atoms with Crippen molar-refractivity contribution in [2.24, 2.45) is 0 Å². The van der Waals surface area contributed by atoms with Crippen molar-refractivity contribution < 1.29 is 8.91 Å². The fourth-order valence-electron chi connectivity index (χ4n) is 3.59. The maximum Gasteiger partial charge on any atom is 0.167 e. The Labute approximate surface area is 152 Å². The zero-order chi connectivity index (χ0) is 17.8. The van der Waals surface area contributed by atoms with E-state index < -0.39 is 0 Å². The van der Waals surface area contributed by atoms with Gasteiger partial charge in [0.25, 0.3) is 0 Å². The predicted molar refractivity (Wildman–Crippen MR) is 97.8 cm³/mol. The Balaban J connectivity index is 1.58. The average Bonchev–Trinajstić information content (AvgIpc) is 3.04. The summed E-state index contributed by atoms with van der Waals surface area (Å²) in [4.78, 5) is 6.92. The number of aromatic nitrogens is 2. The number of hydrogen-bond acceptors (Lipinski definition) is 4. The first kappa shape index (κ1) is 16.9. The van der Waals surface area contributed by atoms with Crippen molar-refractivity contribution in [2.45, 2.75) is 38.3 Å². The highest BCUT2D eigenvalue weighted by Crippen LogP contribution is 2.33. The molecule has 0 bridgehead atoms. The van der Waals surface area contributed by atoms with Crippen LogP contribution in [0.2, 0.25) is 0 Å². The topological polar surface area (TPSA) is 42.2 Å². The van der Waals surface area contributed by atoms with Gasteiger partial charge in [0.2, 0.25) is 0 Å². The molecule has 134 valence electrons. The number of pyridine rings is 1. The summed E-state index contributed by atoms with van der Waals surface area (Å²) < 4.78 is 18.7. The van der Waals surface area contributed by atoms with E-state index in [4.69, 9.17) is 4.52 Å². The Hall–Kier alpha value is -2.53. The van der Waals surface area contributed by atoms with Gasteiger partial charge >= 0.3 is 0 Å². The molecule has 1 aliphatic rings. The molecule has 0 saturated carbocycles.